The number of nitrogens with zero attached hydrogens (tertiary/aromatic N) is 3. The van der Waals surface area contributed by atoms with Gasteiger partial charge in [-0.3, -0.25) is 20.0 Å². The third-order valence-corrected chi connectivity index (χ3v) is 4.97. The summed E-state index contributed by atoms with van der Waals surface area (Å²) >= 11 is 0. The summed E-state index contributed by atoms with van der Waals surface area (Å²) in [7, 11) is 0. The number of fused-ring (bicyclic) bond motifs is 2. The first-order valence-electron chi connectivity index (χ1n) is 8.33. The van der Waals surface area contributed by atoms with Gasteiger partial charge in [0.25, 0.3) is 5.69 Å². The highest BCUT2D eigenvalue weighted by Gasteiger charge is 2.32. The van der Waals surface area contributed by atoms with Crippen molar-refractivity contribution in [1.82, 2.24) is 9.88 Å². The van der Waals surface area contributed by atoms with Crippen LogP contribution in [0.2, 0.25) is 0 Å². The second-order valence-corrected chi connectivity index (χ2v) is 6.44. The van der Waals surface area contributed by atoms with Crippen molar-refractivity contribution in [3.8, 4) is 0 Å². The number of rotatable bonds is 4. The van der Waals surface area contributed by atoms with E-state index in [-0.39, 0.29) is 16.7 Å². The Morgan fingerprint density at radius 2 is 2.29 bits per heavy atom. The quantitative estimate of drug-likeness (QED) is 0.686. The smallest absolute Gasteiger partial charge is 0.278 e. The van der Waals surface area contributed by atoms with E-state index in [9.17, 15) is 10.1 Å². The molecule has 0 saturated carbocycles. The highest BCUT2D eigenvalue weighted by molar-refractivity contribution is 5.99. The number of aromatic nitrogens is 1. The van der Waals surface area contributed by atoms with Crippen LogP contribution in [-0.4, -0.2) is 53.2 Å². The van der Waals surface area contributed by atoms with E-state index in [1.807, 2.05) is 6.07 Å². The van der Waals surface area contributed by atoms with Gasteiger partial charge in [-0.1, -0.05) is 0 Å². The van der Waals surface area contributed by atoms with E-state index < -0.39 is 0 Å². The van der Waals surface area contributed by atoms with Gasteiger partial charge in [-0.05, 0) is 31.5 Å². The SMILES string of the molecule is O=[N+]([O-])c1ccc(NC[C@H]2CN3CCC[C@@H]3CO2)c2ccncc12. The van der Waals surface area contributed by atoms with Crippen molar-refractivity contribution in [3.63, 3.8) is 0 Å². The van der Waals surface area contributed by atoms with E-state index in [1.165, 1.54) is 18.9 Å². The summed E-state index contributed by atoms with van der Waals surface area (Å²) in [6.45, 7) is 3.61. The van der Waals surface area contributed by atoms with Crippen LogP contribution in [0.3, 0.4) is 0 Å². The highest BCUT2D eigenvalue weighted by atomic mass is 16.6. The molecule has 24 heavy (non-hydrogen) atoms. The number of non-ortho nitro benzene ring substituents is 1. The van der Waals surface area contributed by atoms with Gasteiger partial charge in [-0.15, -0.1) is 0 Å². The number of morpholine rings is 1. The molecule has 0 spiro atoms. The number of ether oxygens (including phenoxy) is 1. The van der Waals surface area contributed by atoms with E-state index in [0.29, 0.717) is 18.0 Å². The molecule has 0 amide bonds. The Hall–Kier alpha value is -2.25. The van der Waals surface area contributed by atoms with Gasteiger partial charge in [0.2, 0.25) is 0 Å². The summed E-state index contributed by atoms with van der Waals surface area (Å²) in [5, 5.41) is 15.9. The van der Waals surface area contributed by atoms with Crippen LogP contribution in [0.5, 0.6) is 0 Å². The topological polar surface area (TPSA) is 80.5 Å². The summed E-state index contributed by atoms with van der Waals surface area (Å²) in [6, 6.07) is 5.70. The fourth-order valence-electron chi connectivity index (χ4n) is 3.72. The molecule has 3 heterocycles. The van der Waals surface area contributed by atoms with E-state index in [1.54, 1.807) is 18.5 Å². The van der Waals surface area contributed by atoms with Crippen LogP contribution in [0.4, 0.5) is 11.4 Å². The molecule has 2 aromatic rings. The van der Waals surface area contributed by atoms with Crippen molar-refractivity contribution in [1.29, 1.82) is 0 Å². The molecule has 4 rings (SSSR count). The minimum absolute atomic E-state index is 0.0810. The first-order chi connectivity index (χ1) is 11.7. The zero-order valence-electron chi connectivity index (χ0n) is 13.4. The van der Waals surface area contributed by atoms with Crippen LogP contribution in [0, 0.1) is 10.1 Å². The Morgan fingerprint density at radius 1 is 1.38 bits per heavy atom. The fraction of sp³-hybridized carbons (Fsp3) is 0.471. The molecule has 7 heteroatoms. The van der Waals surface area contributed by atoms with Crippen LogP contribution in [0.15, 0.2) is 30.6 Å². The Bertz CT molecular complexity index is 767. The second-order valence-electron chi connectivity index (χ2n) is 6.44. The fourth-order valence-corrected chi connectivity index (χ4v) is 3.72. The lowest BCUT2D eigenvalue weighted by molar-refractivity contribution is -0.383. The molecule has 0 bridgehead atoms. The molecular formula is C17H20N4O3. The van der Waals surface area contributed by atoms with Gasteiger partial charge in [0.1, 0.15) is 0 Å². The maximum absolute atomic E-state index is 11.2. The monoisotopic (exact) mass is 328 g/mol. The molecule has 2 fully saturated rings. The van der Waals surface area contributed by atoms with Crippen molar-refractivity contribution in [2.75, 3.05) is 31.6 Å². The van der Waals surface area contributed by atoms with E-state index in [2.05, 4.69) is 15.2 Å². The first-order valence-corrected chi connectivity index (χ1v) is 8.33. The Balaban J connectivity index is 1.51. The van der Waals surface area contributed by atoms with E-state index in [4.69, 9.17) is 4.74 Å². The second kappa shape index (κ2) is 6.33. The van der Waals surface area contributed by atoms with Gasteiger partial charge in [0.15, 0.2) is 0 Å². The molecule has 1 aromatic heterocycles. The maximum atomic E-state index is 11.2. The molecule has 0 radical (unpaired) electrons. The van der Waals surface area contributed by atoms with E-state index in [0.717, 1.165) is 30.8 Å². The zero-order valence-corrected chi connectivity index (χ0v) is 13.4. The summed E-state index contributed by atoms with van der Waals surface area (Å²) in [5.74, 6) is 0. The lowest BCUT2D eigenvalue weighted by atomic mass is 10.1. The van der Waals surface area contributed by atoms with Gasteiger partial charge < -0.3 is 10.1 Å². The summed E-state index contributed by atoms with van der Waals surface area (Å²) in [6.07, 6.45) is 5.84. The van der Waals surface area contributed by atoms with Crippen LogP contribution >= 0.6 is 0 Å². The molecule has 2 saturated heterocycles. The van der Waals surface area contributed by atoms with Crippen molar-refractivity contribution in [2.45, 2.75) is 25.0 Å². The van der Waals surface area contributed by atoms with Gasteiger partial charge in [0.05, 0.1) is 23.0 Å². The third kappa shape index (κ3) is 2.81. The zero-order chi connectivity index (χ0) is 16.5. The molecular weight excluding hydrogens is 308 g/mol. The molecule has 2 atom stereocenters. The average Bonchev–Trinajstić information content (AvgIpc) is 3.07. The van der Waals surface area contributed by atoms with Crippen molar-refractivity contribution < 1.29 is 9.66 Å². The minimum Gasteiger partial charge on any atom is -0.382 e. The van der Waals surface area contributed by atoms with Crippen molar-refractivity contribution in [3.05, 3.63) is 40.7 Å². The summed E-state index contributed by atoms with van der Waals surface area (Å²) in [5.41, 5.74) is 0.961. The number of benzene rings is 1. The van der Waals surface area contributed by atoms with Gasteiger partial charge >= 0.3 is 0 Å². The number of nitrogens with one attached hydrogen (secondary N) is 1. The molecule has 126 valence electrons. The molecule has 2 aliphatic heterocycles. The summed E-state index contributed by atoms with van der Waals surface area (Å²) in [4.78, 5) is 17.3. The predicted molar refractivity (Wildman–Crippen MR) is 91.2 cm³/mol. The summed E-state index contributed by atoms with van der Waals surface area (Å²) < 4.78 is 5.96. The Labute approximate surface area is 139 Å². The first kappa shape index (κ1) is 15.3. The number of hydrogen-bond acceptors (Lipinski definition) is 6. The minimum atomic E-state index is -0.369. The van der Waals surface area contributed by atoms with Crippen molar-refractivity contribution >= 4 is 22.1 Å². The van der Waals surface area contributed by atoms with Crippen molar-refractivity contribution in [2.24, 2.45) is 0 Å². The van der Waals surface area contributed by atoms with Crippen LogP contribution in [-0.2, 0) is 4.74 Å². The number of anilines is 1. The standard InChI is InChI=1S/C17H20N4O3/c22-21(23)17-4-3-16(14-5-6-18-9-15(14)17)19-8-13-10-20-7-1-2-12(20)11-24-13/h3-6,9,12-13,19H,1-2,7-8,10-11H2/t12-,13+/m1/s1. The van der Waals surface area contributed by atoms with Gasteiger partial charge in [0, 0.05) is 48.7 Å². The van der Waals surface area contributed by atoms with Crippen LogP contribution < -0.4 is 5.32 Å². The van der Waals surface area contributed by atoms with E-state index >= 15 is 0 Å². The normalized spacial score (nSPS) is 24.0. The molecule has 7 nitrogen and oxygen atoms in total. The van der Waals surface area contributed by atoms with Gasteiger partial charge in [-0.2, -0.15) is 0 Å². The molecule has 1 N–H and O–H groups in total. The lowest BCUT2D eigenvalue weighted by Gasteiger charge is -2.35. The maximum Gasteiger partial charge on any atom is 0.278 e. The Kier molecular flexibility index (Phi) is 4.03. The molecule has 0 aliphatic carbocycles. The highest BCUT2D eigenvalue weighted by Crippen LogP contribution is 2.31. The predicted octanol–water partition coefficient (Wildman–Crippen LogP) is 2.42. The number of pyridine rings is 1. The number of nitro benzene ring substituents is 1. The lowest BCUT2D eigenvalue weighted by Crippen LogP contribution is -2.48. The van der Waals surface area contributed by atoms with Crippen LogP contribution in [0.1, 0.15) is 12.8 Å². The largest absolute Gasteiger partial charge is 0.382 e. The molecule has 1 aromatic carbocycles. The number of hydrogen-bond donors (Lipinski definition) is 1. The number of nitro groups is 1. The average molecular weight is 328 g/mol. The molecule has 0 unspecified atom stereocenters. The van der Waals surface area contributed by atoms with Gasteiger partial charge in [-0.25, -0.2) is 0 Å². The Morgan fingerprint density at radius 3 is 3.17 bits per heavy atom. The van der Waals surface area contributed by atoms with Crippen LogP contribution in [0.25, 0.3) is 10.8 Å². The third-order valence-electron chi connectivity index (χ3n) is 4.97. The molecule has 2 aliphatic rings.